The number of aromatic hydroxyl groups is 3. The molecule has 9 atom stereocenters. The van der Waals surface area contributed by atoms with Gasteiger partial charge in [-0.3, -0.25) is 14.8 Å². The van der Waals surface area contributed by atoms with E-state index in [-0.39, 0.29) is 70.4 Å². The van der Waals surface area contributed by atoms with E-state index in [1.165, 1.54) is 13.0 Å². The van der Waals surface area contributed by atoms with Gasteiger partial charge in [0.15, 0.2) is 29.0 Å². The lowest BCUT2D eigenvalue weighted by atomic mass is 9.70. The number of esters is 1. The van der Waals surface area contributed by atoms with Crippen LogP contribution in [0.1, 0.15) is 87.5 Å². The number of nitrogens with two attached hydrogens (primary N) is 1. The molecule has 2 aromatic carbocycles. The summed E-state index contributed by atoms with van der Waals surface area (Å²) in [5, 5.41) is 36.7. The molecule has 1 aromatic heterocycles. The van der Waals surface area contributed by atoms with E-state index in [1.807, 2.05) is 45.9 Å². The van der Waals surface area contributed by atoms with Crippen LogP contribution in [-0.2, 0) is 27.1 Å². The summed E-state index contributed by atoms with van der Waals surface area (Å²) < 4.78 is 26.0. The SMILES string of the molecule is CC(=O)O[C@@H]1C[C@@H](c2cc(O)c(O)c(OCCc3cccnc3)c2)O[C@H]2[C@H]1CC[C@@H]1SSC[C@]34C[C@@H](CCCCN=C(N)N3)C[C@@H](C4)Oc3cc(ccc3O)C[C@@H]21. The summed E-state index contributed by atoms with van der Waals surface area (Å²) in [6.45, 7) is 2.43. The molecule has 12 nitrogen and oxygen atoms in total. The molecule has 0 amide bonds. The van der Waals surface area contributed by atoms with Crippen molar-refractivity contribution < 1.29 is 39.1 Å². The first-order chi connectivity index (χ1) is 27.6. The fraction of sp³-hybridized carbons (Fsp3) is 0.558. The number of fused-ring (bicyclic) bond motifs is 7. The number of ether oxygens (including phenoxy) is 4. The topological polar surface area (TPSA) is 178 Å². The van der Waals surface area contributed by atoms with E-state index in [9.17, 15) is 20.1 Å². The van der Waals surface area contributed by atoms with Gasteiger partial charge < -0.3 is 45.3 Å². The van der Waals surface area contributed by atoms with Gasteiger partial charge in [-0.1, -0.05) is 46.6 Å². The largest absolute Gasteiger partial charge is 0.504 e. The number of pyridine rings is 1. The fourth-order valence-electron chi connectivity index (χ4n) is 9.86. The number of guanidine groups is 1. The van der Waals surface area contributed by atoms with Gasteiger partial charge >= 0.3 is 5.97 Å². The van der Waals surface area contributed by atoms with Crippen molar-refractivity contribution in [2.45, 2.75) is 113 Å². The van der Waals surface area contributed by atoms with Crippen LogP contribution in [-0.4, -0.2) is 80.2 Å². The number of hydrogen-bond donors (Lipinski definition) is 5. The molecular weight excluding hydrogens is 765 g/mol. The minimum atomic E-state index is -0.549. The molecule has 1 spiro atoms. The van der Waals surface area contributed by atoms with Crippen LogP contribution in [0.15, 0.2) is 59.9 Å². The number of nitrogens with one attached hydrogen (secondary N) is 1. The van der Waals surface area contributed by atoms with E-state index in [2.05, 4.69) is 15.3 Å². The Kier molecular flexibility index (Phi) is 12.2. The minimum absolute atomic E-state index is 0.00873. The summed E-state index contributed by atoms with van der Waals surface area (Å²) in [5.74, 6) is 1.48. The molecule has 57 heavy (non-hydrogen) atoms. The molecule has 8 rings (SSSR count). The lowest BCUT2D eigenvalue weighted by Gasteiger charge is -2.50. The van der Waals surface area contributed by atoms with Gasteiger partial charge in [-0.15, -0.1) is 0 Å². The van der Waals surface area contributed by atoms with Gasteiger partial charge in [0.25, 0.3) is 0 Å². The van der Waals surface area contributed by atoms with Crippen molar-refractivity contribution in [3.63, 3.8) is 0 Å². The molecule has 3 aromatic rings. The van der Waals surface area contributed by atoms with Crippen LogP contribution < -0.4 is 20.5 Å². The Bertz CT molecular complexity index is 1920. The van der Waals surface area contributed by atoms with E-state index in [0.717, 1.165) is 74.8 Å². The molecule has 2 aliphatic carbocycles. The monoisotopic (exact) mass is 818 g/mol. The fourth-order valence-corrected chi connectivity index (χ4v) is 13.4. The maximum Gasteiger partial charge on any atom is 0.302 e. The number of aliphatic imine (C=N–C) groups is 1. The highest BCUT2D eigenvalue weighted by atomic mass is 33.1. The molecule has 6 N–H and O–H groups in total. The quantitative estimate of drug-likeness (QED) is 0.0978. The van der Waals surface area contributed by atoms with Crippen LogP contribution in [0, 0.1) is 17.8 Å². The van der Waals surface area contributed by atoms with Gasteiger partial charge in [0.05, 0.1) is 24.4 Å². The van der Waals surface area contributed by atoms with E-state index in [1.54, 1.807) is 24.5 Å². The van der Waals surface area contributed by atoms with Crippen LogP contribution >= 0.6 is 21.6 Å². The number of phenols is 3. The maximum absolute atomic E-state index is 12.6. The standard InChI is InChI=1S/C43H54N4O8S2/c1-25(48)53-36-20-35(29-18-34(50)40(51)38(19-29)52-14-11-26-6-4-12-45-23-26)55-41-31(36)8-10-39-32(41)16-27-7-9-33(49)37(17-27)54-30-15-28-5-2-3-13-46-42(44)47-43(21-28,22-30)24-56-57-39/h4,6-7,9,12,17-19,23,28,30-32,35-36,39,41,49-51H,2-3,5,8,10-11,13-16,20-22,24H2,1H3,(H3,44,46,47)/t28-,30-,31-,32+,35-,36+,39-,41-,43+/m0/s1. The summed E-state index contributed by atoms with van der Waals surface area (Å²) in [6, 6.07) is 12.7. The number of rotatable bonds is 6. The van der Waals surface area contributed by atoms with Crippen molar-refractivity contribution in [3.05, 3.63) is 71.5 Å². The van der Waals surface area contributed by atoms with Crippen molar-refractivity contribution in [2.75, 3.05) is 18.9 Å². The van der Waals surface area contributed by atoms with Gasteiger partial charge in [0.2, 0.25) is 5.75 Å². The van der Waals surface area contributed by atoms with Gasteiger partial charge in [0.1, 0.15) is 12.2 Å². The molecule has 0 radical (unpaired) electrons. The molecule has 306 valence electrons. The first kappa shape index (κ1) is 39.8. The molecule has 1 saturated heterocycles. The van der Waals surface area contributed by atoms with Gasteiger partial charge in [-0.2, -0.15) is 0 Å². The summed E-state index contributed by atoms with van der Waals surface area (Å²) in [4.78, 5) is 21.4. The van der Waals surface area contributed by atoms with Crippen molar-refractivity contribution in [1.82, 2.24) is 10.3 Å². The van der Waals surface area contributed by atoms with Crippen LogP contribution in [0.4, 0.5) is 0 Å². The lowest BCUT2D eigenvalue weighted by molar-refractivity contribution is -0.191. The van der Waals surface area contributed by atoms with E-state index in [4.69, 9.17) is 24.7 Å². The molecule has 5 bridgehead atoms. The van der Waals surface area contributed by atoms with Crippen molar-refractivity contribution in [1.29, 1.82) is 0 Å². The van der Waals surface area contributed by atoms with Crippen molar-refractivity contribution >= 4 is 33.5 Å². The molecule has 2 saturated carbocycles. The third-order valence-corrected chi connectivity index (χ3v) is 15.5. The number of nitrogens with zero attached hydrogens (tertiary/aromatic N) is 2. The summed E-state index contributed by atoms with van der Waals surface area (Å²) in [5.41, 5.74) is 8.85. The number of phenolic OH excluding ortho intramolecular Hbond substituents is 3. The third-order valence-electron chi connectivity index (χ3n) is 12.4. The molecular formula is C43H54N4O8S2. The second kappa shape index (κ2) is 17.5. The summed E-state index contributed by atoms with van der Waals surface area (Å²) in [6.07, 6.45) is 11.4. The van der Waals surface area contributed by atoms with Gasteiger partial charge in [-0.05, 0) is 91.5 Å². The average Bonchev–Trinajstić information content (AvgIpc) is 3.18. The van der Waals surface area contributed by atoms with Crippen LogP contribution in [0.2, 0.25) is 0 Å². The predicted molar refractivity (Wildman–Crippen MR) is 221 cm³/mol. The number of carbonyl (C=O) groups excluding carboxylic acids is 1. The first-order valence-electron chi connectivity index (χ1n) is 20.4. The smallest absolute Gasteiger partial charge is 0.302 e. The number of carbonyl (C=O) groups is 1. The zero-order valence-corrected chi connectivity index (χ0v) is 34.0. The highest BCUT2D eigenvalue weighted by molar-refractivity contribution is 8.77. The second-order valence-electron chi connectivity index (χ2n) is 16.5. The van der Waals surface area contributed by atoms with Crippen LogP contribution in [0.5, 0.6) is 28.7 Å². The Balaban J connectivity index is 1.10. The number of benzene rings is 2. The predicted octanol–water partition coefficient (Wildman–Crippen LogP) is 6.99. The Morgan fingerprint density at radius 3 is 2.79 bits per heavy atom. The number of aromatic nitrogens is 1. The molecule has 14 heteroatoms. The van der Waals surface area contributed by atoms with Crippen molar-refractivity contribution in [2.24, 2.45) is 28.5 Å². The van der Waals surface area contributed by atoms with Gasteiger partial charge in [0, 0.05) is 68.0 Å². The maximum atomic E-state index is 12.6. The Morgan fingerprint density at radius 2 is 1.95 bits per heavy atom. The van der Waals surface area contributed by atoms with Crippen LogP contribution in [0.3, 0.4) is 0 Å². The normalized spacial score (nSPS) is 31.5. The lowest BCUT2D eigenvalue weighted by Crippen LogP contribution is -2.59. The Hall–Kier alpha value is -4.01. The minimum Gasteiger partial charge on any atom is -0.504 e. The van der Waals surface area contributed by atoms with Crippen LogP contribution in [0.25, 0.3) is 0 Å². The second-order valence-corrected chi connectivity index (χ2v) is 19.2. The Morgan fingerprint density at radius 1 is 1.05 bits per heavy atom. The average molecular weight is 819 g/mol. The summed E-state index contributed by atoms with van der Waals surface area (Å²) >= 11 is 0. The van der Waals surface area contributed by atoms with Crippen molar-refractivity contribution in [3.8, 4) is 28.7 Å². The third kappa shape index (κ3) is 9.33. The highest BCUT2D eigenvalue weighted by Gasteiger charge is 2.50. The molecule has 4 heterocycles. The number of hydrogen-bond acceptors (Lipinski definition) is 14. The molecule has 3 aliphatic heterocycles. The first-order valence-corrected chi connectivity index (χ1v) is 22.7. The van der Waals surface area contributed by atoms with E-state index in [0.29, 0.717) is 42.5 Å². The zero-order valence-electron chi connectivity index (χ0n) is 32.4. The summed E-state index contributed by atoms with van der Waals surface area (Å²) in [7, 11) is 3.77. The van der Waals surface area contributed by atoms with E-state index < -0.39 is 12.2 Å². The molecule has 0 unspecified atom stereocenters. The highest BCUT2D eigenvalue weighted by Crippen LogP contribution is 2.53. The zero-order chi connectivity index (χ0) is 39.5. The molecule has 5 aliphatic rings. The molecule has 3 fully saturated rings. The van der Waals surface area contributed by atoms with Gasteiger partial charge in [-0.25, -0.2) is 0 Å². The Labute approximate surface area is 342 Å². The van der Waals surface area contributed by atoms with E-state index >= 15 is 0 Å².